The highest BCUT2D eigenvalue weighted by Crippen LogP contribution is 2.24. The van der Waals surface area contributed by atoms with Gasteiger partial charge in [0.25, 0.3) is 0 Å². The fourth-order valence-electron chi connectivity index (χ4n) is 2.21. The van der Waals surface area contributed by atoms with E-state index in [0.29, 0.717) is 15.7 Å². The zero-order valence-corrected chi connectivity index (χ0v) is 12.7. The minimum absolute atomic E-state index is 0.115. The minimum Gasteiger partial charge on any atom is -0.316 e. The number of piperidine rings is 1. The first-order valence-corrected chi connectivity index (χ1v) is 8.53. The molecular formula is C12H16Cl2N2O2S. The van der Waals surface area contributed by atoms with Crippen molar-refractivity contribution < 1.29 is 8.42 Å². The first kappa shape index (κ1) is 14.9. The van der Waals surface area contributed by atoms with Gasteiger partial charge < -0.3 is 5.32 Å². The smallest absolute Gasteiger partial charge is 0.233 e. The van der Waals surface area contributed by atoms with Gasteiger partial charge in [-0.2, -0.15) is 0 Å². The van der Waals surface area contributed by atoms with Gasteiger partial charge >= 0.3 is 0 Å². The molecule has 0 amide bonds. The van der Waals surface area contributed by atoms with E-state index < -0.39 is 10.0 Å². The molecule has 1 heterocycles. The van der Waals surface area contributed by atoms with Crippen LogP contribution in [0.2, 0.25) is 10.0 Å². The molecule has 2 rings (SSSR count). The van der Waals surface area contributed by atoms with E-state index in [1.807, 2.05) is 0 Å². The van der Waals surface area contributed by atoms with Crippen LogP contribution in [-0.2, 0) is 10.0 Å². The van der Waals surface area contributed by atoms with Crippen molar-refractivity contribution in [1.29, 1.82) is 0 Å². The molecule has 0 aromatic heterocycles. The van der Waals surface area contributed by atoms with Crippen molar-refractivity contribution in [2.45, 2.75) is 12.8 Å². The number of halogens is 2. The van der Waals surface area contributed by atoms with Crippen molar-refractivity contribution >= 4 is 38.9 Å². The molecule has 1 aliphatic heterocycles. The van der Waals surface area contributed by atoms with Gasteiger partial charge in [0, 0.05) is 10.0 Å². The first-order valence-electron chi connectivity index (χ1n) is 6.12. The number of sulfonamides is 1. The Hall–Kier alpha value is -0.490. The second kappa shape index (κ2) is 6.31. The van der Waals surface area contributed by atoms with E-state index >= 15 is 0 Å². The normalized spacial score (nSPS) is 20.2. The van der Waals surface area contributed by atoms with Crippen molar-refractivity contribution in [3.8, 4) is 0 Å². The van der Waals surface area contributed by atoms with Crippen LogP contribution in [0.3, 0.4) is 0 Å². The summed E-state index contributed by atoms with van der Waals surface area (Å²) in [5.74, 6) is 0.269. The lowest BCUT2D eigenvalue weighted by molar-refractivity contribution is 0.404. The van der Waals surface area contributed by atoms with E-state index in [1.165, 1.54) is 0 Å². The van der Waals surface area contributed by atoms with Crippen LogP contribution >= 0.6 is 23.2 Å². The second-order valence-electron chi connectivity index (χ2n) is 4.75. The van der Waals surface area contributed by atoms with Crippen LogP contribution in [0.25, 0.3) is 0 Å². The molecule has 0 aliphatic carbocycles. The van der Waals surface area contributed by atoms with Crippen LogP contribution in [0.4, 0.5) is 5.69 Å². The van der Waals surface area contributed by atoms with Gasteiger partial charge in [0.1, 0.15) is 0 Å². The van der Waals surface area contributed by atoms with Crippen molar-refractivity contribution in [3.05, 3.63) is 28.2 Å². The Morgan fingerprint density at radius 2 is 1.95 bits per heavy atom. The lowest BCUT2D eigenvalue weighted by Gasteiger charge is -2.22. The molecule has 0 bridgehead atoms. The van der Waals surface area contributed by atoms with E-state index in [4.69, 9.17) is 23.2 Å². The largest absolute Gasteiger partial charge is 0.316 e. The summed E-state index contributed by atoms with van der Waals surface area (Å²) in [6, 6.07) is 4.65. The standard InChI is InChI=1S/C12H16Cl2N2O2S/c13-10-4-11(14)6-12(5-10)16-19(17,18)8-9-2-1-3-15-7-9/h4-6,9,15-16H,1-3,7-8H2. The maximum Gasteiger partial charge on any atom is 0.233 e. The predicted molar refractivity (Wildman–Crippen MR) is 79.5 cm³/mol. The maximum absolute atomic E-state index is 12.1. The Morgan fingerprint density at radius 3 is 2.53 bits per heavy atom. The fraction of sp³-hybridized carbons (Fsp3) is 0.500. The molecular weight excluding hydrogens is 307 g/mol. The highest BCUT2D eigenvalue weighted by molar-refractivity contribution is 7.92. The Bertz CT molecular complexity index is 522. The number of hydrogen-bond donors (Lipinski definition) is 2. The SMILES string of the molecule is O=S(=O)(CC1CCCNC1)Nc1cc(Cl)cc(Cl)c1. The van der Waals surface area contributed by atoms with E-state index in [-0.39, 0.29) is 11.7 Å². The molecule has 2 N–H and O–H groups in total. The molecule has 1 aromatic rings. The maximum atomic E-state index is 12.1. The van der Waals surface area contributed by atoms with E-state index in [2.05, 4.69) is 10.0 Å². The van der Waals surface area contributed by atoms with Gasteiger partial charge in [-0.15, -0.1) is 0 Å². The topological polar surface area (TPSA) is 58.2 Å². The number of hydrogen-bond acceptors (Lipinski definition) is 3. The third-order valence-corrected chi connectivity index (χ3v) is 4.88. The zero-order chi connectivity index (χ0) is 13.9. The van der Waals surface area contributed by atoms with Crippen LogP contribution < -0.4 is 10.0 Å². The van der Waals surface area contributed by atoms with Gasteiger partial charge in [0.2, 0.25) is 10.0 Å². The molecule has 1 fully saturated rings. The molecule has 0 saturated carbocycles. The molecule has 7 heteroatoms. The number of nitrogens with one attached hydrogen (secondary N) is 2. The van der Waals surface area contributed by atoms with Gasteiger partial charge in [0.15, 0.2) is 0 Å². The van der Waals surface area contributed by atoms with E-state index in [1.54, 1.807) is 18.2 Å². The molecule has 106 valence electrons. The Morgan fingerprint density at radius 1 is 1.26 bits per heavy atom. The molecule has 1 saturated heterocycles. The van der Waals surface area contributed by atoms with Gasteiger partial charge in [-0.25, -0.2) is 8.42 Å². The summed E-state index contributed by atoms with van der Waals surface area (Å²) in [7, 11) is -3.38. The highest BCUT2D eigenvalue weighted by atomic mass is 35.5. The monoisotopic (exact) mass is 322 g/mol. The summed E-state index contributed by atoms with van der Waals surface area (Å²) in [5.41, 5.74) is 0.404. The second-order valence-corrected chi connectivity index (χ2v) is 7.39. The van der Waals surface area contributed by atoms with Gasteiger partial charge in [0.05, 0.1) is 11.4 Å². The number of benzene rings is 1. The van der Waals surface area contributed by atoms with Crippen molar-refractivity contribution in [2.75, 3.05) is 23.6 Å². The number of anilines is 1. The Balaban J connectivity index is 2.03. The first-order chi connectivity index (χ1) is 8.94. The van der Waals surface area contributed by atoms with Crippen molar-refractivity contribution in [3.63, 3.8) is 0 Å². The summed E-state index contributed by atoms with van der Waals surface area (Å²) in [4.78, 5) is 0. The lowest BCUT2D eigenvalue weighted by atomic mass is 10.0. The summed E-state index contributed by atoms with van der Waals surface area (Å²) in [6.45, 7) is 1.71. The Kier molecular flexibility index (Phi) is 4.95. The van der Waals surface area contributed by atoms with Crippen molar-refractivity contribution in [2.24, 2.45) is 5.92 Å². The van der Waals surface area contributed by atoms with Gasteiger partial charge in [-0.3, -0.25) is 4.72 Å². The third-order valence-electron chi connectivity index (χ3n) is 2.99. The molecule has 1 aliphatic rings. The molecule has 19 heavy (non-hydrogen) atoms. The summed E-state index contributed by atoms with van der Waals surface area (Å²) in [5, 5.41) is 4.02. The fourth-order valence-corrected chi connectivity index (χ4v) is 4.20. The molecule has 1 aromatic carbocycles. The van der Waals surface area contributed by atoms with Gasteiger partial charge in [-0.05, 0) is 50.0 Å². The summed E-state index contributed by atoms with van der Waals surface area (Å²) < 4.78 is 26.7. The van der Waals surface area contributed by atoms with Crippen LogP contribution in [-0.4, -0.2) is 27.3 Å². The number of rotatable bonds is 4. The van der Waals surface area contributed by atoms with Gasteiger partial charge in [-0.1, -0.05) is 23.2 Å². The lowest BCUT2D eigenvalue weighted by Crippen LogP contribution is -2.35. The predicted octanol–water partition coefficient (Wildman–Crippen LogP) is 2.73. The third kappa shape index (κ3) is 4.84. The highest BCUT2D eigenvalue weighted by Gasteiger charge is 2.21. The van der Waals surface area contributed by atoms with Crippen LogP contribution in [0, 0.1) is 5.92 Å². The van der Waals surface area contributed by atoms with E-state index in [0.717, 1.165) is 25.9 Å². The van der Waals surface area contributed by atoms with Crippen LogP contribution in [0.1, 0.15) is 12.8 Å². The summed E-state index contributed by atoms with van der Waals surface area (Å²) in [6.07, 6.45) is 1.95. The molecule has 0 spiro atoms. The summed E-state index contributed by atoms with van der Waals surface area (Å²) >= 11 is 11.7. The molecule has 1 unspecified atom stereocenters. The average Bonchev–Trinajstić information content (AvgIpc) is 2.27. The molecule has 0 radical (unpaired) electrons. The minimum atomic E-state index is -3.38. The van der Waals surface area contributed by atoms with Crippen LogP contribution in [0.15, 0.2) is 18.2 Å². The van der Waals surface area contributed by atoms with E-state index in [9.17, 15) is 8.42 Å². The zero-order valence-electron chi connectivity index (χ0n) is 10.3. The van der Waals surface area contributed by atoms with Crippen LogP contribution in [0.5, 0.6) is 0 Å². The Labute approximate surface area is 123 Å². The molecule has 1 atom stereocenters. The molecule has 4 nitrogen and oxygen atoms in total. The van der Waals surface area contributed by atoms with Crippen molar-refractivity contribution in [1.82, 2.24) is 5.32 Å². The average molecular weight is 323 g/mol. The quantitative estimate of drug-likeness (QED) is 0.896.